The summed E-state index contributed by atoms with van der Waals surface area (Å²) in [5.41, 5.74) is 1.93. The second-order valence-corrected chi connectivity index (χ2v) is 11.9. The number of benzene rings is 2. The van der Waals surface area contributed by atoms with Gasteiger partial charge in [0.25, 0.3) is 5.91 Å². The molecule has 0 radical (unpaired) electrons. The molecule has 2 aromatic carbocycles. The molecular formula is C35H49N3O4. The van der Waals surface area contributed by atoms with Crippen molar-refractivity contribution >= 4 is 23.6 Å². The molecule has 7 nitrogen and oxygen atoms in total. The van der Waals surface area contributed by atoms with Crippen LogP contribution in [0.2, 0.25) is 0 Å². The monoisotopic (exact) mass is 575 g/mol. The summed E-state index contributed by atoms with van der Waals surface area (Å²) in [6.07, 6.45) is 10.7. The first-order valence-corrected chi connectivity index (χ1v) is 15.1. The zero-order valence-corrected chi connectivity index (χ0v) is 26.5. The van der Waals surface area contributed by atoms with Gasteiger partial charge in [-0.3, -0.25) is 9.59 Å². The summed E-state index contributed by atoms with van der Waals surface area (Å²) in [4.78, 5) is 43.2. The minimum absolute atomic E-state index is 0.212. The molecule has 0 fully saturated rings. The molecular weight excluding hydrogens is 526 g/mol. The number of aryl methyl sites for hydroxylation is 1. The Morgan fingerprint density at radius 3 is 2.24 bits per heavy atom. The lowest BCUT2D eigenvalue weighted by Crippen LogP contribution is -2.55. The van der Waals surface area contributed by atoms with Gasteiger partial charge in [-0.05, 0) is 63.3 Å². The van der Waals surface area contributed by atoms with E-state index >= 15 is 0 Å². The maximum Gasteiger partial charge on any atom is 0.408 e. The maximum atomic E-state index is 14.5. The van der Waals surface area contributed by atoms with E-state index in [0.29, 0.717) is 36.2 Å². The molecule has 42 heavy (non-hydrogen) atoms. The van der Waals surface area contributed by atoms with Crippen LogP contribution in [0.15, 0.2) is 48.5 Å². The fourth-order valence-corrected chi connectivity index (χ4v) is 4.78. The lowest BCUT2D eigenvalue weighted by Gasteiger charge is -2.36. The normalized spacial score (nSPS) is 13.3. The van der Waals surface area contributed by atoms with Gasteiger partial charge >= 0.3 is 6.09 Å². The Kier molecular flexibility index (Phi) is 13.6. The number of para-hydroxylation sites is 1. The SMILES string of the molecule is C#Cc1ccccc1C(C(=O)Nc1ccccc1C)N(CCCCCCC)C(=O)C(NC(=O)OC(C)(C)C)C(C)CC. The van der Waals surface area contributed by atoms with Crippen molar-refractivity contribution in [3.8, 4) is 12.3 Å². The van der Waals surface area contributed by atoms with Crippen LogP contribution in [-0.4, -0.2) is 41.0 Å². The van der Waals surface area contributed by atoms with Crippen molar-refractivity contribution in [3.05, 3.63) is 65.2 Å². The predicted octanol–water partition coefficient (Wildman–Crippen LogP) is 7.39. The minimum atomic E-state index is -1.01. The predicted molar refractivity (Wildman–Crippen MR) is 170 cm³/mol. The number of hydrogen-bond donors (Lipinski definition) is 2. The first kappa shape index (κ1) is 34.4. The summed E-state index contributed by atoms with van der Waals surface area (Å²) in [5.74, 6) is 1.77. The number of terminal acetylenes is 1. The van der Waals surface area contributed by atoms with Crippen molar-refractivity contribution in [2.45, 2.75) is 105 Å². The number of alkyl carbamates (subject to hydrolysis) is 1. The van der Waals surface area contributed by atoms with Crippen molar-refractivity contribution in [1.29, 1.82) is 0 Å². The number of carbonyl (C=O) groups is 3. The molecule has 0 aromatic heterocycles. The van der Waals surface area contributed by atoms with E-state index in [9.17, 15) is 14.4 Å². The van der Waals surface area contributed by atoms with E-state index in [-0.39, 0.29) is 17.7 Å². The van der Waals surface area contributed by atoms with Crippen molar-refractivity contribution in [3.63, 3.8) is 0 Å². The third kappa shape index (κ3) is 10.2. The molecule has 0 bridgehead atoms. The number of carbonyl (C=O) groups excluding carboxylic acids is 3. The first-order valence-electron chi connectivity index (χ1n) is 15.1. The number of rotatable bonds is 14. The number of anilines is 1. The molecule has 3 atom stereocenters. The van der Waals surface area contributed by atoms with Crippen LogP contribution in [0, 0.1) is 25.2 Å². The van der Waals surface area contributed by atoms with E-state index in [1.54, 1.807) is 37.8 Å². The van der Waals surface area contributed by atoms with Gasteiger partial charge in [-0.15, -0.1) is 6.42 Å². The number of amides is 3. The van der Waals surface area contributed by atoms with Crippen molar-refractivity contribution < 1.29 is 19.1 Å². The van der Waals surface area contributed by atoms with Crippen LogP contribution in [0.1, 0.15) is 103 Å². The highest BCUT2D eigenvalue weighted by Gasteiger charge is 2.38. The fourth-order valence-electron chi connectivity index (χ4n) is 4.78. The molecule has 0 spiro atoms. The van der Waals surface area contributed by atoms with Crippen LogP contribution in [0.4, 0.5) is 10.5 Å². The molecule has 7 heteroatoms. The second-order valence-electron chi connectivity index (χ2n) is 11.9. The van der Waals surface area contributed by atoms with Crippen molar-refractivity contribution in [1.82, 2.24) is 10.2 Å². The topological polar surface area (TPSA) is 87.7 Å². The minimum Gasteiger partial charge on any atom is -0.444 e. The average molecular weight is 576 g/mol. The van der Waals surface area contributed by atoms with Gasteiger partial charge < -0.3 is 20.3 Å². The summed E-state index contributed by atoms with van der Waals surface area (Å²) in [5, 5.41) is 5.87. The van der Waals surface area contributed by atoms with E-state index < -0.39 is 23.8 Å². The average Bonchev–Trinajstić information content (AvgIpc) is 2.94. The van der Waals surface area contributed by atoms with Gasteiger partial charge in [0, 0.05) is 17.8 Å². The first-order chi connectivity index (χ1) is 19.9. The number of hydrogen-bond acceptors (Lipinski definition) is 4. The van der Waals surface area contributed by atoms with E-state index in [2.05, 4.69) is 23.5 Å². The molecule has 3 unspecified atom stereocenters. The molecule has 0 aliphatic heterocycles. The Labute approximate surface area is 252 Å². The second kappa shape index (κ2) is 16.6. The number of ether oxygens (including phenoxy) is 1. The highest BCUT2D eigenvalue weighted by Crippen LogP contribution is 2.29. The van der Waals surface area contributed by atoms with Crippen LogP contribution in [0.5, 0.6) is 0 Å². The van der Waals surface area contributed by atoms with E-state index in [1.165, 1.54) is 0 Å². The van der Waals surface area contributed by atoms with Crippen LogP contribution < -0.4 is 10.6 Å². The van der Waals surface area contributed by atoms with Crippen LogP contribution >= 0.6 is 0 Å². The van der Waals surface area contributed by atoms with Crippen molar-refractivity contribution in [2.24, 2.45) is 5.92 Å². The summed E-state index contributed by atoms with van der Waals surface area (Å²) in [6, 6.07) is 12.8. The third-order valence-electron chi connectivity index (χ3n) is 7.31. The van der Waals surface area contributed by atoms with Gasteiger partial charge in [-0.2, -0.15) is 0 Å². The molecule has 228 valence electrons. The van der Waals surface area contributed by atoms with E-state index in [1.807, 2.05) is 57.2 Å². The van der Waals surface area contributed by atoms with Crippen molar-refractivity contribution in [2.75, 3.05) is 11.9 Å². The maximum absolute atomic E-state index is 14.5. The zero-order chi connectivity index (χ0) is 31.3. The van der Waals surface area contributed by atoms with Gasteiger partial charge in [0.1, 0.15) is 17.7 Å². The standard InChI is InChI=1S/C35H49N3O4/c1-9-12-13-14-19-24-38(33(40)30(25(4)10-2)37-34(41)42-35(6,7)8)31(28-22-17-16-21-27(28)11-3)32(39)36-29-23-18-15-20-26(29)5/h3,15-18,20-23,25,30-31H,9-10,12-14,19,24H2,1-2,4-8H3,(H,36,39)(H,37,41). The molecule has 2 N–H and O–H groups in total. The Bertz CT molecular complexity index is 1230. The molecule has 3 amide bonds. The van der Waals surface area contributed by atoms with Gasteiger partial charge in [0.15, 0.2) is 0 Å². The Balaban J connectivity index is 2.62. The summed E-state index contributed by atoms with van der Waals surface area (Å²) in [6.45, 7) is 13.6. The Hall–Kier alpha value is -3.79. The van der Waals surface area contributed by atoms with E-state index in [4.69, 9.17) is 11.2 Å². The molecule has 2 rings (SSSR count). The lowest BCUT2D eigenvalue weighted by molar-refractivity contribution is -0.142. The summed E-state index contributed by atoms with van der Waals surface area (Å²) >= 11 is 0. The number of unbranched alkanes of at least 4 members (excludes halogenated alkanes) is 4. The smallest absolute Gasteiger partial charge is 0.408 e. The number of nitrogens with zero attached hydrogens (tertiary/aromatic N) is 1. The van der Waals surface area contributed by atoms with Crippen LogP contribution in [0.3, 0.4) is 0 Å². The number of nitrogens with one attached hydrogen (secondary N) is 2. The molecule has 0 aliphatic carbocycles. The summed E-state index contributed by atoms with van der Waals surface area (Å²) in [7, 11) is 0. The highest BCUT2D eigenvalue weighted by molar-refractivity contribution is 5.99. The third-order valence-corrected chi connectivity index (χ3v) is 7.31. The molecule has 0 aliphatic rings. The quantitative estimate of drug-likeness (QED) is 0.182. The van der Waals surface area contributed by atoms with Crippen LogP contribution in [-0.2, 0) is 14.3 Å². The van der Waals surface area contributed by atoms with Gasteiger partial charge in [-0.25, -0.2) is 4.79 Å². The highest BCUT2D eigenvalue weighted by atomic mass is 16.6. The van der Waals surface area contributed by atoms with Gasteiger partial charge in [0.2, 0.25) is 5.91 Å². The van der Waals surface area contributed by atoms with Gasteiger partial charge in [0.05, 0.1) is 0 Å². The Morgan fingerprint density at radius 1 is 0.976 bits per heavy atom. The molecule has 2 aromatic rings. The molecule has 0 saturated heterocycles. The molecule has 0 saturated carbocycles. The summed E-state index contributed by atoms with van der Waals surface area (Å²) < 4.78 is 5.51. The zero-order valence-electron chi connectivity index (χ0n) is 26.5. The fraction of sp³-hybridized carbons (Fsp3) is 0.514. The molecule has 0 heterocycles. The van der Waals surface area contributed by atoms with Crippen LogP contribution in [0.25, 0.3) is 0 Å². The largest absolute Gasteiger partial charge is 0.444 e. The van der Waals surface area contributed by atoms with E-state index in [0.717, 1.165) is 31.2 Å². The Morgan fingerprint density at radius 2 is 1.62 bits per heavy atom. The lowest BCUT2D eigenvalue weighted by atomic mass is 9.93. The van der Waals surface area contributed by atoms with Gasteiger partial charge in [-0.1, -0.05) is 95.2 Å².